The molecule has 0 amide bonds. The highest BCUT2D eigenvalue weighted by Crippen LogP contribution is 2.28. The summed E-state index contributed by atoms with van der Waals surface area (Å²) in [6.07, 6.45) is 0. The zero-order chi connectivity index (χ0) is 15.6. The predicted octanol–water partition coefficient (Wildman–Crippen LogP) is 2.70. The van der Waals surface area contributed by atoms with E-state index in [0.717, 1.165) is 5.56 Å². The van der Waals surface area contributed by atoms with Crippen LogP contribution in [-0.2, 0) is 10.0 Å². The summed E-state index contributed by atoms with van der Waals surface area (Å²) in [6.45, 7) is 3.58. The van der Waals surface area contributed by atoms with Crippen LogP contribution in [0.4, 0.5) is 11.4 Å². The third-order valence-electron chi connectivity index (χ3n) is 3.28. The van der Waals surface area contributed by atoms with Crippen LogP contribution in [0.15, 0.2) is 41.3 Å². The number of para-hydroxylation sites is 2. The number of hydrogen-bond donors (Lipinski definition) is 2. The summed E-state index contributed by atoms with van der Waals surface area (Å²) in [4.78, 5) is 0.172. The number of rotatable bonds is 4. The first kappa shape index (κ1) is 15.2. The van der Waals surface area contributed by atoms with E-state index in [9.17, 15) is 8.42 Å². The van der Waals surface area contributed by atoms with E-state index in [1.807, 2.05) is 6.92 Å². The van der Waals surface area contributed by atoms with Crippen molar-refractivity contribution in [3.8, 4) is 5.75 Å². The van der Waals surface area contributed by atoms with E-state index in [1.165, 1.54) is 13.2 Å². The van der Waals surface area contributed by atoms with E-state index >= 15 is 0 Å². The molecule has 2 aromatic rings. The number of nitrogen functional groups attached to an aromatic ring is 1. The molecule has 0 saturated heterocycles. The number of aryl methyl sites for hydroxylation is 1. The van der Waals surface area contributed by atoms with Gasteiger partial charge in [0.1, 0.15) is 5.75 Å². The second kappa shape index (κ2) is 5.65. The first-order valence-corrected chi connectivity index (χ1v) is 7.86. The van der Waals surface area contributed by atoms with Crippen molar-refractivity contribution in [2.45, 2.75) is 18.7 Å². The maximum absolute atomic E-state index is 12.6. The van der Waals surface area contributed by atoms with E-state index in [-0.39, 0.29) is 4.90 Å². The van der Waals surface area contributed by atoms with Crippen molar-refractivity contribution < 1.29 is 13.2 Å². The SMILES string of the molecule is COc1ccccc1NS(=O)(=O)c1cc(N)cc(C)c1C. The molecule has 2 aromatic carbocycles. The van der Waals surface area contributed by atoms with E-state index in [1.54, 1.807) is 37.3 Å². The monoisotopic (exact) mass is 306 g/mol. The fraction of sp³-hybridized carbons (Fsp3) is 0.200. The molecule has 5 nitrogen and oxygen atoms in total. The molecule has 0 unspecified atom stereocenters. The molecule has 0 saturated carbocycles. The number of nitrogens with one attached hydrogen (secondary N) is 1. The van der Waals surface area contributed by atoms with Gasteiger partial charge in [-0.1, -0.05) is 12.1 Å². The minimum absolute atomic E-state index is 0.172. The fourth-order valence-electron chi connectivity index (χ4n) is 2.06. The van der Waals surface area contributed by atoms with Gasteiger partial charge >= 0.3 is 0 Å². The molecule has 0 aliphatic carbocycles. The molecule has 21 heavy (non-hydrogen) atoms. The molecule has 0 radical (unpaired) electrons. The van der Waals surface area contributed by atoms with Crippen LogP contribution < -0.4 is 15.2 Å². The Bertz CT molecular complexity index is 770. The third kappa shape index (κ3) is 3.11. The summed E-state index contributed by atoms with van der Waals surface area (Å²) < 4.78 is 32.8. The lowest BCUT2D eigenvalue weighted by Crippen LogP contribution is -2.15. The van der Waals surface area contributed by atoms with Gasteiger partial charge in [0.2, 0.25) is 0 Å². The minimum Gasteiger partial charge on any atom is -0.495 e. The van der Waals surface area contributed by atoms with Crippen molar-refractivity contribution in [2.24, 2.45) is 0 Å². The topological polar surface area (TPSA) is 81.4 Å². The highest BCUT2D eigenvalue weighted by molar-refractivity contribution is 7.92. The molecule has 2 rings (SSSR count). The number of benzene rings is 2. The third-order valence-corrected chi connectivity index (χ3v) is 4.77. The van der Waals surface area contributed by atoms with Crippen molar-refractivity contribution >= 4 is 21.4 Å². The lowest BCUT2D eigenvalue weighted by molar-refractivity contribution is 0.417. The molecule has 112 valence electrons. The summed E-state index contributed by atoms with van der Waals surface area (Å²) in [5, 5.41) is 0. The molecule has 0 fully saturated rings. The quantitative estimate of drug-likeness (QED) is 0.851. The Hall–Kier alpha value is -2.21. The normalized spacial score (nSPS) is 11.2. The van der Waals surface area contributed by atoms with Crippen LogP contribution >= 0.6 is 0 Å². The van der Waals surface area contributed by atoms with E-state index in [4.69, 9.17) is 10.5 Å². The molecule has 3 N–H and O–H groups in total. The van der Waals surface area contributed by atoms with Gasteiger partial charge in [-0.3, -0.25) is 4.72 Å². The highest BCUT2D eigenvalue weighted by atomic mass is 32.2. The van der Waals surface area contributed by atoms with E-state index in [2.05, 4.69) is 4.72 Å². The largest absolute Gasteiger partial charge is 0.495 e. The molecule has 0 spiro atoms. The first-order valence-electron chi connectivity index (χ1n) is 6.37. The van der Waals surface area contributed by atoms with Gasteiger partial charge in [-0.25, -0.2) is 8.42 Å². The Kier molecular flexibility index (Phi) is 4.09. The number of hydrogen-bond acceptors (Lipinski definition) is 4. The van der Waals surface area contributed by atoms with Gasteiger partial charge in [0.25, 0.3) is 10.0 Å². The summed E-state index contributed by atoms with van der Waals surface area (Å²) in [5.41, 5.74) is 8.06. The van der Waals surface area contributed by atoms with Gasteiger partial charge in [0.05, 0.1) is 17.7 Å². The Morgan fingerprint density at radius 3 is 2.48 bits per heavy atom. The van der Waals surface area contributed by atoms with E-state index in [0.29, 0.717) is 22.7 Å². The zero-order valence-electron chi connectivity index (χ0n) is 12.2. The molecule has 6 heteroatoms. The van der Waals surface area contributed by atoms with Crippen LogP contribution in [0.2, 0.25) is 0 Å². The Morgan fingerprint density at radius 1 is 1.14 bits per heavy atom. The number of methoxy groups -OCH3 is 1. The van der Waals surface area contributed by atoms with Crippen LogP contribution in [0.3, 0.4) is 0 Å². The number of anilines is 2. The van der Waals surface area contributed by atoms with Gasteiger partial charge in [0, 0.05) is 5.69 Å². The van der Waals surface area contributed by atoms with Crippen LogP contribution in [0.1, 0.15) is 11.1 Å². The van der Waals surface area contributed by atoms with Crippen molar-refractivity contribution in [1.82, 2.24) is 0 Å². The standard InChI is InChI=1S/C15H18N2O3S/c1-10-8-12(16)9-15(11(10)2)21(18,19)17-13-6-4-5-7-14(13)20-3/h4-9,17H,16H2,1-3H3. The molecule has 0 aromatic heterocycles. The van der Waals surface area contributed by atoms with Crippen molar-refractivity contribution in [1.29, 1.82) is 0 Å². The molecule has 0 aliphatic rings. The minimum atomic E-state index is -3.73. The predicted molar refractivity (Wildman–Crippen MR) is 84.1 cm³/mol. The number of ether oxygens (including phenoxy) is 1. The lowest BCUT2D eigenvalue weighted by Gasteiger charge is -2.14. The molecule has 0 bridgehead atoms. The van der Waals surface area contributed by atoms with Gasteiger partial charge in [-0.2, -0.15) is 0 Å². The zero-order valence-corrected chi connectivity index (χ0v) is 13.0. The Labute approximate surface area is 124 Å². The smallest absolute Gasteiger partial charge is 0.262 e. The van der Waals surface area contributed by atoms with Gasteiger partial charge in [-0.05, 0) is 49.2 Å². The lowest BCUT2D eigenvalue weighted by atomic mass is 10.1. The molecular formula is C15H18N2O3S. The summed E-state index contributed by atoms with van der Waals surface area (Å²) in [7, 11) is -2.24. The van der Waals surface area contributed by atoms with Crippen molar-refractivity contribution in [3.05, 3.63) is 47.5 Å². The molecule has 0 atom stereocenters. The van der Waals surface area contributed by atoms with Crippen LogP contribution in [0.25, 0.3) is 0 Å². The Balaban J connectivity index is 2.49. The molecule has 0 aliphatic heterocycles. The summed E-state index contributed by atoms with van der Waals surface area (Å²) in [6, 6.07) is 10.0. The first-order chi connectivity index (χ1) is 9.85. The van der Waals surface area contributed by atoms with E-state index < -0.39 is 10.0 Å². The van der Waals surface area contributed by atoms with Crippen molar-refractivity contribution in [3.63, 3.8) is 0 Å². The molecular weight excluding hydrogens is 288 g/mol. The highest BCUT2D eigenvalue weighted by Gasteiger charge is 2.20. The Morgan fingerprint density at radius 2 is 1.81 bits per heavy atom. The van der Waals surface area contributed by atoms with Gasteiger partial charge in [-0.15, -0.1) is 0 Å². The maximum Gasteiger partial charge on any atom is 0.262 e. The van der Waals surface area contributed by atoms with Crippen LogP contribution in [0, 0.1) is 13.8 Å². The second-order valence-corrected chi connectivity index (χ2v) is 6.42. The van der Waals surface area contributed by atoms with Crippen LogP contribution in [-0.4, -0.2) is 15.5 Å². The van der Waals surface area contributed by atoms with Crippen LogP contribution in [0.5, 0.6) is 5.75 Å². The maximum atomic E-state index is 12.6. The average molecular weight is 306 g/mol. The second-order valence-electron chi connectivity index (χ2n) is 4.77. The number of nitrogens with two attached hydrogens (primary N) is 1. The number of sulfonamides is 1. The van der Waals surface area contributed by atoms with Crippen molar-refractivity contribution in [2.75, 3.05) is 17.6 Å². The summed E-state index contributed by atoms with van der Waals surface area (Å²) >= 11 is 0. The van der Waals surface area contributed by atoms with Gasteiger partial charge in [0.15, 0.2) is 0 Å². The average Bonchev–Trinajstić information content (AvgIpc) is 2.43. The fourth-order valence-corrected chi connectivity index (χ4v) is 3.49. The summed E-state index contributed by atoms with van der Waals surface area (Å²) in [5.74, 6) is 0.458. The molecule has 0 heterocycles. The van der Waals surface area contributed by atoms with Gasteiger partial charge < -0.3 is 10.5 Å².